The lowest BCUT2D eigenvalue weighted by Crippen LogP contribution is -2.50. The van der Waals surface area contributed by atoms with E-state index in [1.807, 2.05) is 36.1 Å². The van der Waals surface area contributed by atoms with E-state index in [-0.39, 0.29) is 24.2 Å². The number of ether oxygens (including phenoxy) is 1. The van der Waals surface area contributed by atoms with Crippen molar-refractivity contribution in [3.05, 3.63) is 41.9 Å². The number of nitrogens with one attached hydrogen (secondary N) is 1. The number of rotatable bonds is 4. The van der Waals surface area contributed by atoms with E-state index in [1.54, 1.807) is 0 Å². The van der Waals surface area contributed by atoms with Crippen LogP contribution in [0.5, 0.6) is 0 Å². The Morgan fingerprint density at radius 1 is 1.03 bits per heavy atom. The zero-order valence-corrected chi connectivity index (χ0v) is 20.4. The third kappa shape index (κ3) is 5.55. The second-order valence-electron chi connectivity index (χ2n) is 9.46. The minimum Gasteiger partial charge on any atom is -0.372 e. The number of urea groups is 1. The number of hydrogen-bond donors (Lipinski definition) is 1. The van der Waals surface area contributed by atoms with E-state index in [0.29, 0.717) is 13.1 Å². The van der Waals surface area contributed by atoms with Crippen molar-refractivity contribution in [1.29, 1.82) is 0 Å². The Kier molecular flexibility index (Phi) is 7.02. The number of hydrogen-bond acceptors (Lipinski definition) is 6. The molecule has 1 N–H and O–H groups in total. The van der Waals surface area contributed by atoms with Crippen molar-refractivity contribution in [2.45, 2.75) is 52.7 Å². The van der Waals surface area contributed by atoms with E-state index < -0.39 is 0 Å². The molecule has 0 aliphatic carbocycles. The highest BCUT2D eigenvalue weighted by molar-refractivity contribution is 5.93. The lowest BCUT2D eigenvalue weighted by Gasteiger charge is -2.38. The van der Waals surface area contributed by atoms with E-state index in [2.05, 4.69) is 53.9 Å². The van der Waals surface area contributed by atoms with Crippen LogP contribution >= 0.6 is 0 Å². The summed E-state index contributed by atoms with van der Waals surface area (Å²) in [5, 5.41) is 3.16. The molecule has 1 aromatic carbocycles. The Bertz CT molecular complexity index is 963. The van der Waals surface area contributed by atoms with Crippen LogP contribution in [0.15, 0.2) is 30.3 Å². The van der Waals surface area contributed by atoms with Gasteiger partial charge in [-0.25, -0.2) is 14.8 Å². The van der Waals surface area contributed by atoms with Gasteiger partial charge in [0, 0.05) is 56.9 Å². The van der Waals surface area contributed by atoms with E-state index in [0.717, 1.165) is 54.9 Å². The van der Waals surface area contributed by atoms with E-state index in [1.165, 1.54) is 0 Å². The van der Waals surface area contributed by atoms with E-state index in [9.17, 15) is 4.79 Å². The average molecular weight is 453 g/mol. The van der Waals surface area contributed by atoms with Crippen LogP contribution in [-0.2, 0) is 4.74 Å². The van der Waals surface area contributed by atoms with Gasteiger partial charge in [-0.1, -0.05) is 26.0 Å². The smallest absolute Gasteiger partial charge is 0.322 e. The van der Waals surface area contributed by atoms with Crippen LogP contribution in [0.25, 0.3) is 0 Å². The molecule has 1 aromatic heterocycles. The zero-order valence-electron chi connectivity index (χ0n) is 20.4. The van der Waals surface area contributed by atoms with Crippen molar-refractivity contribution in [3.63, 3.8) is 0 Å². The van der Waals surface area contributed by atoms with Gasteiger partial charge < -0.3 is 24.8 Å². The second kappa shape index (κ2) is 9.95. The molecule has 0 saturated carbocycles. The molecule has 8 heteroatoms. The van der Waals surface area contributed by atoms with Gasteiger partial charge in [0.25, 0.3) is 0 Å². The van der Waals surface area contributed by atoms with Gasteiger partial charge in [0.05, 0.1) is 23.6 Å². The maximum atomic E-state index is 13.1. The Labute approximate surface area is 196 Å². The summed E-state index contributed by atoms with van der Waals surface area (Å²) in [5.41, 5.74) is 2.87. The number of piperazine rings is 1. The predicted molar refractivity (Wildman–Crippen MR) is 132 cm³/mol. The first-order valence-electron chi connectivity index (χ1n) is 12.0. The molecule has 2 unspecified atom stereocenters. The molecule has 2 aromatic rings. The summed E-state index contributed by atoms with van der Waals surface area (Å²) in [4.78, 5) is 28.8. The van der Waals surface area contributed by atoms with Crippen LogP contribution in [0.4, 0.5) is 22.0 Å². The Morgan fingerprint density at radius 2 is 1.70 bits per heavy atom. The zero-order chi connectivity index (χ0) is 23.5. The summed E-state index contributed by atoms with van der Waals surface area (Å²) < 4.78 is 5.88. The lowest BCUT2D eigenvalue weighted by atomic mass is 10.1. The molecule has 4 rings (SSSR count). The van der Waals surface area contributed by atoms with Crippen molar-refractivity contribution in [2.75, 3.05) is 54.4 Å². The minimum absolute atomic E-state index is 0.0572. The highest BCUT2D eigenvalue weighted by Crippen LogP contribution is 2.29. The van der Waals surface area contributed by atoms with Crippen LogP contribution in [0, 0.1) is 6.92 Å². The number of carbonyl (C=O) groups is 1. The van der Waals surface area contributed by atoms with Gasteiger partial charge in [-0.2, -0.15) is 0 Å². The number of aromatic nitrogens is 2. The highest BCUT2D eigenvalue weighted by atomic mass is 16.5. The first-order chi connectivity index (χ1) is 15.8. The fourth-order valence-corrected chi connectivity index (χ4v) is 4.56. The molecule has 2 aliphatic heterocycles. The van der Waals surface area contributed by atoms with E-state index >= 15 is 0 Å². The Morgan fingerprint density at radius 3 is 2.36 bits per heavy atom. The summed E-state index contributed by atoms with van der Waals surface area (Å²) >= 11 is 0. The summed E-state index contributed by atoms with van der Waals surface area (Å²) in [6, 6.07) is 10.0. The maximum Gasteiger partial charge on any atom is 0.322 e. The van der Waals surface area contributed by atoms with Crippen LogP contribution in [0.2, 0.25) is 0 Å². The summed E-state index contributed by atoms with van der Waals surface area (Å²) in [6.45, 7) is 14.8. The number of amides is 2. The summed E-state index contributed by atoms with van der Waals surface area (Å²) in [6.07, 6.45) is 0.319. The van der Waals surface area contributed by atoms with E-state index in [4.69, 9.17) is 9.72 Å². The molecule has 2 atom stereocenters. The van der Waals surface area contributed by atoms with Crippen molar-refractivity contribution in [2.24, 2.45) is 0 Å². The van der Waals surface area contributed by atoms with Gasteiger partial charge in [-0.15, -0.1) is 0 Å². The van der Waals surface area contributed by atoms with Crippen LogP contribution < -0.4 is 15.1 Å². The highest BCUT2D eigenvalue weighted by Gasteiger charge is 2.26. The van der Waals surface area contributed by atoms with Crippen LogP contribution in [0.3, 0.4) is 0 Å². The molecular weight excluding hydrogens is 416 g/mol. The Balaban J connectivity index is 1.40. The molecule has 178 valence electrons. The fraction of sp³-hybridized carbons (Fsp3) is 0.560. The summed E-state index contributed by atoms with van der Waals surface area (Å²) in [7, 11) is 0. The molecule has 8 nitrogen and oxygen atoms in total. The van der Waals surface area contributed by atoms with Gasteiger partial charge in [0.1, 0.15) is 11.6 Å². The quantitative estimate of drug-likeness (QED) is 0.759. The van der Waals surface area contributed by atoms with Crippen LogP contribution in [0.1, 0.15) is 45.1 Å². The molecule has 0 spiro atoms. The number of nitrogens with zero attached hydrogens (tertiary/aromatic N) is 5. The lowest BCUT2D eigenvalue weighted by molar-refractivity contribution is -0.00517. The van der Waals surface area contributed by atoms with Crippen LogP contribution in [-0.4, -0.2) is 72.4 Å². The van der Waals surface area contributed by atoms with Crippen molar-refractivity contribution < 1.29 is 9.53 Å². The van der Waals surface area contributed by atoms with Gasteiger partial charge in [0.2, 0.25) is 0 Å². The second-order valence-corrected chi connectivity index (χ2v) is 9.46. The molecule has 3 heterocycles. The Hall–Kier alpha value is -2.87. The predicted octanol–water partition coefficient (Wildman–Crippen LogP) is 3.88. The normalized spacial score (nSPS) is 21.5. The third-order valence-electron chi connectivity index (χ3n) is 6.17. The van der Waals surface area contributed by atoms with Gasteiger partial charge in [-0.3, -0.25) is 0 Å². The molecule has 0 bridgehead atoms. The molecule has 2 aliphatic rings. The van der Waals surface area contributed by atoms with Gasteiger partial charge in [0.15, 0.2) is 0 Å². The third-order valence-corrected chi connectivity index (χ3v) is 6.17. The van der Waals surface area contributed by atoms with Gasteiger partial charge >= 0.3 is 6.03 Å². The number of para-hydroxylation sites is 2. The monoisotopic (exact) mass is 452 g/mol. The topological polar surface area (TPSA) is 73.8 Å². The SMILES string of the molecule is Cc1cc(N2CCN(C(=O)Nc3ccccc3N3CC(C)OC(C)C3)CC2)nc(C(C)C)n1. The number of anilines is 3. The molecule has 2 fully saturated rings. The number of aryl methyl sites for hydroxylation is 1. The first kappa shape index (κ1) is 23.3. The van der Waals surface area contributed by atoms with Gasteiger partial charge in [-0.05, 0) is 32.9 Å². The summed E-state index contributed by atoms with van der Waals surface area (Å²) in [5.74, 6) is 2.11. The van der Waals surface area contributed by atoms with Crippen molar-refractivity contribution in [1.82, 2.24) is 14.9 Å². The number of benzene rings is 1. The minimum atomic E-state index is -0.0572. The number of carbonyl (C=O) groups excluding carboxylic acids is 1. The van der Waals surface area contributed by atoms with Crippen molar-refractivity contribution >= 4 is 23.2 Å². The molecule has 2 saturated heterocycles. The first-order valence-corrected chi connectivity index (χ1v) is 12.0. The molecular formula is C25H36N6O2. The fourth-order valence-electron chi connectivity index (χ4n) is 4.56. The standard InChI is InChI=1S/C25H36N6O2/c1-17(2)24-26-18(3)14-23(28-24)29-10-12-30(13-11-29)25(32)27-21-8-6-7-9-22(21)31-15-19(4)33-20(5)16-31/h6-9,14,17,19-20H,10-13,15-16H2,1-5H3,(H,27,32). The van der Waals surface area contributed by atoms with Crippen molar-refractivity contribution in [3.8, 4) is 0 Å². The largest absolute Gasteiger partial charge is 0.372 e. The molecule has 2 amide bonds. The number of morpholine rings is 1. The average Bonchev–Trinajstić information content (AvgIpc) is 2.78. The molecule has 33 heavy (non-hydrogen) atoms. The molecule has 0 radical (unpaired) electrons. The maximum absolute atomic E-state index is 13.1.